The summed E-state index contributed by atoms with van der Waals surface area (Å²) in [7, 11) is 0. The maximum Gasteiger partial charge on any atom is 0.245 e. The summed E-state index contributed by atoms with van der Waals surface area (Å²) < 4.78 is 0.929. The monoisotopic (exact) mass is 292 g/mol. The maximum absolute atomic E-state index is 10.4. The molecule has 0 radical (unpaired) electrons. The fraction of sp³-hybridized carbons (Fsp3) is 0.222. The van der Waals surface area contributed by atoms with E-state index >= 15 is 0 Å². The Kier molecular flexibility index (Phi) is 5.04. The van der Waals surface area contributed by atoms with Gasteiger partial charge in [-0.2, -0.15) is 5.48 Å². The van der Waals surface area contributed by atoms with Gasteiger partial charge in [0, 0.05) is 16.0 Å². The van der Waals surface area contributed by atoms with Gasteiger partial charge < -0.3 is 5.73 Å². The van der Waals surface area contributed by atoms with Crippen LogP contribution in [0.1, 0.15) is 5.56 Å². The smallest absolute Gasteiger partial charge is 0.245 e. The molecular weight excluding hydrogens is 283 g/mol. The summed E-state index contributed by atoms with van der Waals surface area (Å²) in [5.74, 6) is -0.525. The minimum atomic E-state index is -0.525. The van der Waals surface area contributed by atoms with Crippen molar-refractivity contribution in [3.8, 4) is 0 Å². The Balaban J connectivity index is 2.43. The number of rotatable bonds is 5. The number of carbonyl (C=O) groups excluding carboxylic acids is 1. The van der Waals surface area contributed by atoms with E-state index in [1.54, 1.807) is 6.07 Å². The van der Waals surface area contributed by atoms with Crippen LogP contribution in [0.4, 0.5) is 0 Å². The number of benzene rings is 1. The summed E-state index contributed by atoms with van der Waals surface area (Å²) in [5, 5.41) is 0.633. The van der Waals surface area contributed by atoms with Crippen LogP contribution in [0.2, 0.25) is 5.02 Å². The second-order valence-corrected chi connectivity index (χ2v) is 4.13. The first-order chi connectivity index (χ1) is 7.09. The molecule has 6 heteroatoms. The van der Waals surface area contributed by atoms with Crippen molar-refractivity contribution < 1.29 is 9.63 Å². The van der Waals surface area contributed by atoms with Gasteiger partial charge in [0.25, 0.3) is 0 Å². The van der Waals surface area contributed by atoms with E-state index in [1.807, 2.05) is 12.1 Å². The molecule has 1 aromatic rings. The molecule has 82 valence electrons. The average molecular weight is 294 g/mol. The van der Waals surface area contributed by atoms with Crippen LogP contribution in [-0.4, -0.2) is 12.5 Å². The number of halogens is 2. The first-order valence-electron chi connectivity index (χ1n) is 4.16. The highest BCUT2D eigenvalue weighted by molar-refractivity contribution is 9.10. The lowest BCUT2D eigenvalue weighted by Crippen LogP contribution is -2.24. The van der Waals surface area contributed by atoms with Crippen LogP contribution in [0, 0.1) is 0 Å². The Morgan fingerprint density at radius 3 is 3.00 bits per heavy atom. The summed E-state index contributed by atoms with van der Waals surface area (Å²) in [6, 6.07) is 5.48. The van der Waals surface area contributed by atoms with Crippen LogP contribution in [0.5, 0.6) is 0 Å². The largest absolute Gasteiger partial charge is 0.368 e. The molecule has 0 saturated carbocycles. The predicted octanol–water partition coefficient (Wildman–Crippen LogP) is 1.61. The first-order valence-corrected chi connectivity index (χ1v) is 5.33. The molecule has 4 nitrogen and oxygen atoms in total. The Hall–Kier alpha value is -0.620. The third-order valence-electron chi connectivity index (χ3n) is 1.59. The van der Waals surface area contributed by atoms with Crippen LogP contribution >= 0.6 is 27.5 Å². The van der Waals surface area contributed by atoms with E-state index in [2.05, 4.69) is 21.4 Å². The average Bonchev–Trinajstić information content (AvgIpc) is 2.17. The van der Waals surface area contributed by atoms with Gasteiger partial charge in [0.1, 0.15) is 6.61 Å². The summed E-state index contributed by atoms with van der Waals surface area (Å²) in [6.07, 6.45) is 0. The van der Waals surface area contributed by atoms with Gasteiger partial charge in [-0.1, -0.05) is 27.5 Å². The summed E-state index contributed by atoms with van der Waals surface area (Å²) in [5.41, 5.74) is 8.35. The van der Waals surface area contributed by atoms with E-state index in [4.69, 9.17) is 22.2 Å². The van der Waals surface area contributed by atoms with Gasteiger partial charge in [-0.15, -0.1) is 0 Å². The van der Waals surface area contributed by atoms with Crippen molar-refractivity contribution in [2.24, 2.45) is 5.73 Å². The van der Waals surface area contributed by atoms with E-state index < -0.39 is 5.91 Å². The van der Waals surface area contributed by atoms with E-state index in [9.17, 15) is 4.79 Å². The van der Waals surface area contributed by atoms with Crippen molar-refractivity contribution in [1.29, 1.82) is 0 Å². The van der Waals surface area contributed by atoms with E-state index in [0.717, 1.165) is 10.0 Å². The highest BCUT2D eigenvalue weighted by Gasteiger charge is 2.01. The van der Waals surface area contributed by atoms with Gasteiger partial charge >= 0.3 is 0 Å². The minimum absolute atomic E-state index is 0.161. The number of nitrogens with one attached hydrogen (secondary N) is 1. The van der Waals surface area contributed by atoms with Crippen molar-refractivity contribution in [3.05, 3.63) is 33.3 Å². The molecule has 0 unspecified atom stereocenters. The second kappa shape index (κ2) is 6.07. The van der Waals surface area contributed by atoms with Crippen LogP contribution in [0.15, 0.2) is 22.7 Å². The van der Waals surface area contributed by atoms with Gasteiger partial charge in [0.05, 0.1) is 0 Å². The summed E-state index contributed by atoms with van der Waals surface area (Å²) in [6.45, 7) is 0.247. The topological polar surface area (TPSA) is 64.4 Å². The molecule has 1 amide bonds. The molecule has 1 rings (SSSR count). The third kappa shape index (κ3) is 4.61. The van der Waals surface area contributed by atoms with Gasteiger partial charge in [-0.3, -0.25) is 9.63 Å². The Morgan fingerprint density at radius 1 is 1.60 bits per heavy atom. The number of carbonyl (C=O) groups is 1. The molecule has 0 atom stereocenters. The second-order valence-electron chi connectivity index (χ2n) is 2.81. The molecule has 0 spiro atoms. The molecule has 0 aliphatic carbocycles. The number of hydrogen-bond donors (Lipinski definition) is 2. The molecule has 0 bridgehead atoms. The number of nitrogens with two attached hydrogens (primary N) is 1. The molecule has 0 aliphatic rings. The lowest BCUT2D eigenvalue weighted by molar-refractivity contribution is -0.125. The predicted molar refractivity (Wildman–Crippen MR) is 61.1 cm³/mol. The van der Waals surface area contributed by atoms with Gasteiger partial charge in [-0.05, 0) is 23.8 Å². The zero-order valence-corrected chi connectivity index (χ0v) is 10.1. The number of primary amides is 1. The molecule has 0 fully saturated rings. The number of amides is 1. The lowest BCUT2D eigenvalue weighted by atomic mass is 10.2. The van der Waals surface area contributed by atoms with Crippen molar-refractivity contribution in [1.82, 2.24) is 5.48 Å². The molecular formula is C9H10BrClN2O2. The normalized spacial score (nSPS) is 10.3. The molecule has 0 aliphatic heterocycles. The zero-order valence-electron chi connectivity index (χ0n) is 7.80. The highest BCUT2D eigenvalue weighted by atomic mass is 79.9. The van der Waals surface area contributed by atoms with Crippen LogP contribution in [-0.2, 0) is 16.2 Å². The fourth-order valence-electron chi connectivity index (χ4n) is 0.930. The molecule has 1 aromatic carbocycles. The molecule has 3 N–H and O–H groups in total. The van der Waals surface area contributed by atoms with Crippen molar-refractivity contribution >= 4 is 33.4 Å². The third-order valence-corrected chi connectivity index (χ3v) is 2.45. The van der Waals surface area contributed by atoms with Crippen molar-refractivity contribution in [2.45, 2.75) is 6.54 Å². The molecule has 0 aromatic heterocycles. The van der Waals surface area contributed by atoms with Gasteiger partial charge in [0.2, 0.25) is 5.91 Å². The highest BCUT2D eigenvalue weighted by Crippen LogP contribution is 2.20. The first kappa shape index (κ1) is 12.4. The van der Waals surface area contributed by atoms with Crippen LogP contribution in [0.25, 0.3) is 0 Å². The van der Waals surface area contributed by atoms with E-state index in [0.29, 0.717) is 11.6 Å². The standard InChI is InChI=1S/C9H10BrClN2O2/c10-7-1-2-8(11)6(3-7)4-13-15-5-9(12)14/h1-3,13H,4-5H2,(H2,12,14). The van der Waals surface area contributed by atoms with Crippen molar-refractivity contribution in [2.75, 3.05) is 6.61 Å². The van der Waals surface area contributed by atoms with E-state index in [1.165, 1.54) is 0 Å². The number of hydrogen-bond acceptors (Lipinski definition) is 3. The Labute approximate surface area is 101 Å². The van der Waals surface area contributed by atoms with Gasteiger partial charge in [-0.25, -0.2) is 0 Å². The molecule has 0 saturated heterocycles. The van der Waals surface area contributed by atoms with Crippen LogP contribution < -0.4 is 11.2 Å². The van der Waals surface area contributed by atoms with Crippen LogP contribution in [0.3, 0.4) is 0 Å². The molecule has 0 heterocycles. The fourth-order valence-corrected chi connectivity index (χ4v) is 1.52. The quantitative estimate of drug-likeness (QED) is 0.640. The summed E-state index contributed by atoms with van der Waals surface area (Å²) >= 11 is 9.26. The molecule has 15 heavy (non-hydrogen) atoms. The minimum Gasteiger partial charge on any atom is -0.368 e. The zero-order chi connectivity index (χ0) is 11.3. The lowest BCUT2D eigenvalue weighted by Gasteiger charge is -2.06. The van der Waals surface area contributed by atoms with Crippen molar-refractivity contribution in [3.63, 3.8) is 0 Å². The summed E-state index contributed by atoms with van der Waals surface area (Å²) in [4.78, 5) is 15.2. The SMILES string of the molecule is NC(=O)CONCc1cc(Br)ccc1Cl. The maximum atomic E-state index is 10.4. The number of hydroxylamine groups is 1. The van der Waals surface area contributed by atoms with E-state index in [-0.39, 0.29) is 6.61 Å². The Bertz CT molecular complexity index is 360. The van der Waals surface area contributed by atoms with Gasteiger partial charge in [0.15, 0.2) is 0 Å². The Morgan fingerprint density at radius 2 is 2.33 bits per heavy atom.